The lowest BCUT2D eigenvalue weighted by molar-refractivity contribution is 0.322. The van der Waals surface area contributed by atoms with Crippen LogP contribution in [0.25, 0.3) is 0 Å². The molecule has 19 heavy (non-hydrogen) atoms. The van der Waals surface area contributed by atoms with Gasteiger partial charge in [-0.1, -0.05) is 30.3 Å². The first kappa shape index (κ1) is 13.6. The van der Waals surface area contributed by atoms with Crippen LogP contribution in [0.15, 0.2) is 43.0 Å². The fraction of sp³-hybridized carbons (Fsp3) is 0.308. The van der Waals surface area contributed by atoms with Crippen molar-refractivity contribution in [2.45, 2.75) is 11.3 Å². The summed E-state index contributed by atoms with van der Waals surface area (Å²) in [5.74, 6) is 0.576. The minimum atomic E-state index is -0.443. The van der Waals surface area contributed by atoms with Gasteiger partial charge in [0.2, 0.25) is 0 Å². The molecule has 2 aromatic rings. The number of rotatable bonds is 6. The number of nitrogens with zero attached hydrogens (tertiary/aromatic N) is 4. The number of aliphatic hydroxyl groups excluding tert-OH is 1. The number of aromatic nitrogens is 3. The van der Waals surface area contributed by atoms with Gasteiger partial charge in [0.15, 0.2) is 6.04 Å². The highest BCUT2D eigenvalue weighted by atomic mass is 32.2. The van der Waals surface area contributed by atoms with E-state index in [9.17, 15) is 5.26 Å². The van der Waals surface area contributed by atoms with E-state index in [2.05, 4.69) is 16.2 Å². The largest absolute Gasteiger partial charge is 0.396 e. The van der Waals surface area contributed by atoms with Crippen molar-refractivity contribution in [1.29, 1.82) is 5.26 Å². The maximum Gasteiger partial charge on any atom is 0.156 e. The molecular formula is C13H14N4OS. The molecule has 0 saturated heterocycles. The van der Waals surface area contributed by atoms with Gasteiger partial charge in [-0.25, -0.2) is 9.67 Å². The van der Waals surface area contributed by atoms with Crippen molar-refractivity contribution in [1.82, 2.24) is 14.8 Å². The van der Waals surface area contributed by atoms with Crippen LogP contribution in [0.4, 0.5) is 0 Å². The highest BCUT2D eigenvalue weighted by molar-refractivity contribution is 7.99. The summed E-state index contributed by atoms with van der Waals surface area (Å²) >= 11 is 1.54. The second-order valence-corrected chi connectivity index (χ2v) is 5.12. The highest BCUT2D eigenvalue weighted by Gasteiger charge is 2.25. The molecule has 1 aromatic heterocycles. The summed E-state index contributed by atoms with van der Waals surface area (Å²) in [6, 6.07) is 11.6. The lowest BCUT2D eigenvalue weighted by Crippen LogP contribution is -2.16. The first-order valence-electron chi connectivity index (χ1n) is 5.88. The zero-order chi connectivity index (χ0) is 13.5. The van der Waals surface area contributed by atoms with Gasteiger partial charge in [0.05, 0.1) is 17.9 Å². The van der Waals surface area contributed by atoms with Gasteiger partial charge in [-0.2, -0.15) is 10.4 Å². The third kappa shape index (κ3) is 3.34. The zero-order valence-corrected chi connectivity index (χ0v) is 11.1. The Morgan fingerprint density at radius 1 is 1.37 bits per heavy atom. The molecule has 2 unspecified atom stereocenters. The molecule has 2 rings (SSSR count). The van der Waals surface area contributed by atoms with E-state index >= 15 is 0 Å². The zero-order valence-electron chi connectivity index (χ0n) is 10.3. The smallest absolute Gasteiger partial charge is 0.156 e. The van der Waals surface area contributed by atoms with Crippen LogP contribution >= 0.6 is 11.8 Å². The van der Waals surface area contributed by atoms with Gasteiger partial charge in [0, 0.05) is 5.75 Å². The van der Waals surface area contributed by atoms with Crippen LogP contribution in [0.1, 0.15) is 16.9 Å². The Kier molecular flexibility index (Phi) is 4.95. The number of hydrogen-bond donors (Lipinski definition) is 1. The number of hydrogen-bond acceptors (Lipinski definition) is 5. The van der Waals surface area contributed by atoms with Crippen molar-refractivity contribution in [3.63, 3.8) is 0 Å². The predicted octanol–water partition coefficient (Wildman–Crippen LogP) is 1.81. The molecule has 0 fully saturated rings. The van der Waals surface area contributed by atoms with E-state index < -0.39 is 6.04 Å². The summed E-state index contributed by atoms with van der Waals surface area (Å²) in [7, 11) is 0. The SMILES string of the molecule is N#CC(C(SCCO)c1ccccc1)n1cncn1. The lowest BCUT2D eigenvalue weighted by atomic mass is 10.1. The maximum atomic E-state index is 9.41. The van der Waals surface area contributed by atoms with E-state index in [0.29, 0.717) is 5.75 Å². The van der Waals surface area contributed by atoms with E-state index in [0.717, 1.165) is 5.56 Å². The molecule has 1 N–H and O–H groups in total. The average molecular weight is 274 g/mol. The molecule has 6 heteroatoms. The first-order chi connectivity index (χ1) is 9.36. The van der Waals surface area contributed by atoms with Gasteiger partial charge in [-0.15, -0.1) is 11.8 Å². The fourth-order valence-electron chi connectivity index (χ4n) is 1.82. The van der Waals surface area contributed by atoms with Crippen LogP contribution < -0.4 is 0 Å². The third-order valence-electron chi connectivity index (χ3n) is 2.66. The number of aliphatic hydroxyl groups is 1. The molecule has 2 atom stereocenters. The Morgan fingerprint density at radius 2 is 2.16 bits per heavy atom. The third-order valence-corrected chi connectivity index (χ3v) is 3.96. The van der Waals surface area contributed by atoms with Crippen LogP contribution in [0.2, 0.25) is 0 Å². The normalized spacial score (nSPS) is 13.7. The molecule has 0 bridgehead atoms. The summed E-state index contributed by atoms with van der Waals surface area (Å²) in [5.41, 5.74) is 1.04. The van der Waals surface area contributed by atoms with Gasteiger partial charge in [0.25, 0.3) is 0 Å². The Bertz CT molecular complexity index is 523. The summed E-state index contributed by atoms with van der Waals surface area (Å²) < 4.78 is 1.56. The van der Waals surface area contributed by atoms with Gasteiger partial charge >= 0.3 is 0 Å². The van der Waals surface area contributed by atoms with E-state index in [4.69, 9.17) is 5.11 Å². The van der Waals surface area contributed by atoms with Crippen molar-refractivity contribution in [3.05, 3.63) is 48.5 Å². The van der Waals surface area contributed by atoms with Crippen LogP contribution in [-0.2, 0) is 0 Å². The first-order valence-corrected chi connectivity index (χ1v) is 6.93. The minimum absolute atomic E-state index is 0.0833. The predicted molar refractivity (Wildman–Crippen MR) is 73.4 cm³/mol. The van der Waals surface area contributed by atoms with Crippen LogP contribution in [0.3, 0.4) is 0 Å². The van der Waals surface area contributed by atoms with Crippen molar-refractivity contribution in [3.8, 4) is 6.07 Å². The molecule has 1 aromatic carbocycles. The molecule has 0 saturated carbocycles. The standard InChI is InChI=1S/C13H14N4OS/c14-8-12(17-10-15-9-16-17)13(19-7-6-18)11-4-2-1-3-5-11/h1-5,9-10,12-13,18H,6-7H2. The fourth-order valence-corrected chi connectivity index (χ4v) is 2.90. The van der Waals surface area contributed by atoms with Crippen LogP contribution in [0, 0.1) is 11.3 Å². The molecule has 98 valence electrons. The van der Waals surface area contributed by atoms with Crippen LogP contribution in [-0.4, -0.2) is 32.2 Å². The summed E-state index contributed by atoms with van der Waals surface area (Å²) in [4.78, 5) is 3.89. The number of nitriles is 1. The summed E-state index contributed by atoms with van der Waals surface area (Å²) in [6.07, 6.45) is 2.96. The molecule has 0 spiro atoms. The summed E-state index contributed by atoms with van der Waals surface area (Å²) in [6.45, 7) is 0.0868. The van der Waals surface area contributed by atoms with Crippen molar-refractivity contribution in [2.75, 3.05) is 12.4 Å². The molecule has 0 aliphatic rings. The number of benzene rings is 1. The molecule has 1 heterocycles. The molecule has 5 nitrogen and oxygen atoms in total. The molecular weight excluding hydrogens is 260 g/mol. The van der Waals surface area contributed by atoms with Crippen LogP contribution in [0.5, 0.6) is 0 Å². The quantitative estimate of drug-likeness (QED) is 0.869. The minimum Gasteiger partial charge on any atom is -0.396 e. The molecule has 0 aliphatic carbocycles. The van der Waals surface area contributed by atoms with Crippen molar-refractivity contribution in [2.24, 2.45) is 0 Å². The maximum absolute atomic E-state index is 9.41. The lowest BCUT2D eigenvalue weighted by Gasteiger charge is -2.21. The second kappa shape index (κ2) is 6.92. The summed E-state index contributed by atoms with van der Waals surface area (Å²) in [5, 5.41) is 22.4. The Labute approximate surface area is 115 Å². The van der Waals surface area contributed by atoms with Crippen molar-refractivity contribution >= 4 is 11.8 Å². The van der Waals surface area contributed by atoms with E-state index in [-0.39, 0.29) is 11.9 Å². The Balaban J connectivity index is 2.29. The van der Waals surface area contributed by atoms with Gasteiger partial charge < -0.3 is 5.11 Å². The molecule has 0 radical (unpaired) electrons. The Morgan fingerprint density at radius 3 is 2.74 bits per heavy atom. The topological polar surface area (TPSA) is 74.7 Å². The monoisotopic (exact) mass is 274 g/mol. The molecule has 0 aliphatic heterocycles. The second-order valence-electron chi connectivity index (χ2n) is 3.88. The van der Waals surface area contributed by atoms with Gasteiger partial charge in [-0.3, -0.25) is 0 Å². The van der Waals surface area contributed by atoms with E-state index in [1.54, 1.807) is 22.8 Å². The van der Waals surface area contributed by atoms with E-state index in [1.165, 1.54) is 6.33 Å². The van der Waals surface area contributed by atoms with Crippen molar-refractivity contribution < 1.29 is 5.11 Å². The van der Waals surface area contributed by atoms with Gasteiger partial charge in [-0.05, 0) is 5.56 Å². The number of thioether (sulfide) groups is 1. The highest BCUT2D eigenvalue weighted by Crippen LogP contribution is 2.37. The van der Waals surface area contributed by atoms with E-state index in [1.807, 2.05) is 30.3 Å². The molecule has 0 amide bonds. The average Bonchev–Trinajstić information content (AvgIpc) is 2.98. The van der Waals surface area contributed by atoms with Gasteiger partial charge in [0.1, 0.15) is 12.7 Å². The Hall–Kier alpha value is -1.84.